The number of nitrogens with two attached hydrogens (primary N) is 1. The number of rotatable bonds is 23. The maximum atomic E-state index is 14.4. The number of hydrogen-bond acceptors (Lipinski definition) is 17. The van der Waals surface area contributed by atoms with Gasteiger partial charge in [0, 0.05) is 70.5 Å². The number of imide groups is 1. The second kappa shape index (κ2) is 31.8. The van der Waals surface area contributed by atoms with Crippen LogP contribution in [0.1, 0.15) is 124 Å². The Bertz CT molecular complexity index is 2610. The molecule has 1 saturated carbocycles. The molecule has 6 rings (SSSR count). The van der Waals surface area contributed by atoms with Crippen molar-refractivity contribution >= 4 is 76.3 Å². The van der Waals surface area contributed by atoms with Gasteiger partial charge in [0.1, 0.15) is 46.5 Å². The molecule has 4 bridgehead atoms. The number of amides is 5. The van der Waals surface area contributed by atoms with Gasteiger partial charge in [-0.25, -0.2) is 9.59 Å². The zero-order chi connectivity index (χ0) is 62.2. The highest BCUT2D eigenvalue weighted by Crippen LogP contribution is 2.49. The minimum Gasteiger partial charge on any atom is -0.495 e. The van der Waals surface area contributed by atoms with Crippen molar-refractivity contribution in [3.63, 3.8) is 0 Å². The first kappa shape index (κ1) is 69.4. The number of fused-ring (bicyclic) bond motifs is 5. The first-order valence-corrected chi connectivity index (χ1v) is 30.8. The van der Waals surface area contributed by atoms with Crippen molar-refractivity contribution in [3.8, 4) is 5.75 Å². The van der Waals surface area contributed by atoms with Crippen LogP contribution in [0.4, 0.5) is 10.5 Å². The SMILES string of the molecule is C=CC(C)C(=O)[C@H](CCCCN)NCC(=O)C1CCC(CN2C(=O)CC(SCCC(=O)N(C)[C@@H](C)C(=O)O[C@H]3CC(=O)N(C)c4cc(cc(OC)c4Cl)C/C(C)=C/C=C/[C@@H](OC)[C@@]4(O)C[C@H](OC(=O)N4)[C@@H](C)[C@@H]4O[C@@]34C)C2=O)CC1.C=CCC. The summed E-state index contributed by atoms with van der Waals surface area (Å²) in [6, 6.07) is 1.94. The molecule has 4 heterocycles. The number of carbonyl (C=O) groups is 8. The zero-order valence-electron chi connectivity index (χ0n) is 50.8. The average molecular weight is 1210 g/mol. The number of carbonyl (C=O) groups excluding carboxylic acids is 8. The van der Waals surface area contributed by atoms with Crippen LogP contribution in [0.2, 0.25) is 5.02 Å². The van der Waals surface area contributed by atoms with Crippen molar-refractivity contribution in [2.75, 3.05) is 58.6 Å². The number of benzene rings is 1. The predicted octanol–water partition coefficient (Wildman–Crippen LogP) is 7.20. The van der Waals surface area contributed by atoms with Gasteiger partial charge in [-0.1, -0.05) is 74.7 Å². The van der Waals surface area contributed by atoms with Crippen LogP contribution in [-0.2, 0) is 58.9 Å². The van der Waals surface area contributed by atoms with Gasteiger partial charge in [0.2, 0.25) is 23.6 Å². The molecule has 84 heavy (non-hydrogen) atoms. The molecular weight excluding hydrogens is 1120 g/mol. The molecule has 4 aliphatic heterocycles. The molecule has 22 heteroatoms. The van der Waals surface area contributed by atoms with Crippen LogP contribution in [-0.4, -0.2) is 169 Å². The van der Waals surface area contributed by atoms with Gasteiger partial charge in [-0.15, -0.1) is 24.9 Å². The second-order valence-electron chi connectivity index (χ2n) is 23.1. The molecule has 1 aromatic rings. The number of unbranched alkanes of at least 4 members (excludes halogenated alkanes) is 1. The highest BCUT2D eigenvalue weighted by molar-refractivity contribution is 8.00. The first-order chi connectivity index (χ1) is 39.8. The van der Waals surface area contributed by atoms with E-state index in [9.17, 15) is 43.5 Å². The third-order valence-electron chi connectivity index (χ3n) is 17.0. The van der Waals surface area contributed by atoms with Crippen LogP contribution in [0.15, 0.2) is 61.2 Å². The van der Waals surface area contributed by atoms with E-state index in [0.29, 0.717) is 56.5 Å². The lowest BCUT2D eigenvalue weighted by Crippen LogP contribution is -2.63. The molecule has 2 unspecified atom stereocenters. The van der Waals surface area contributed by atoms with Crippen molar-refractivity contribution in [1.29, 1.82) is 0 Å². The van der Waals surface area contributed by atoms with Crippen LogP contribution in [0, 0.1) is 23.7 Å². The molecule has 5 aliphatic rings. The van der Waals surface area contributed by atoms with E-state index in [1.54, 1.807) is 58.2 Å². The minimum atomic E-state index is -1.89. The molecule has 1 aromatic carbocycles. The number of Topliss-reactive ketones (excluding diaryl/α,β-unsaturated/α-hetero) is 2. The first-order valence-electron chi connectivity index (χ1n) is 29.3. The number of anilines is 1. The van der Waals surface area contributed by atoms with Gasteiger partial charge in [-0.2, -0.15) is 0 Å². The summed E-state index contributed by atoms with van der Waals surface area (Å²) < 4.78 is 29.5. The number of alkyl carbamates (subject to hydrolysis) is 1. The van der Waals surface area contributed by atoms with E-state index in [2.05, 4.69) is 30.7 Å². The van der Waals surface area contributed by atoms with E-state index in [4.69, 9.17) is 41.0 Å². The number of allylic oxidation sites excluding steroid dienone is 5. The van der Waals surface area contributed by atoms with E-state index in [-0.39, 0.29) is 84.3 Å². The summed E-state index contributed by atoms with van der Waals surface area (Å²) in [4.78, 5) is 112. The fraction of sp³-hybridized carbons (Fsp3) is 0.645. The number of epoxide rings is 1. The number of aliphatic hydroxyl groups is 1. The maximum Gasteiger partial charge on any atom is 0.409 e. The summed E-state index contributed by atoms with van der Waals surface area (Å²) in [5, 5.41) is 17.1. The summed E-state index contributed by atoms with van der Waals surface area (Å²) in [7, 11) is 5.89. The molecule has 1 aliphatic carbocycles. The number of ketones is 2. The van der Waals surface area contributed by atoms with Crippen LogP contribution in [0.3, 0.4) is 0 Å². The number of likely N-dealkylation sites (tertiary alicyclic amines) is 1. The molecule has 0 spiro atoms. The van der Waals surface area contributed by atoms with Crippen LogP contribution in [0.25, 0.3) is 0 Å². The maximum absolute atomic E-state index is 14.4. The largest absolute Gasteiger partial charge is 0.495 e. The lowest BCUT2D eigenvalue weighted by molar-refractivity contribution is -0.162. The quantitative estimate of drug-likeness (QED) is 0.0277. The number of likely N-dealkylation sites (N-methyl/N-ethyl adjacent to an activating group) is 1. The van der Waals surface area contributed by atoms with Crippen LogP contribution < -0.4 is 26.0 Å². The Balaban J connectivity index is 0.00000312. The van der Waals surface area contributed by atoms with E-state index in [0.717, 1.165) is 30.4 Å². The summed E-state index contributed by atoms with van der Waals surface area (Å²) in [5.74, 6) is -2.86. The topological polar surface area (TPSA) is 266 Å². The molecule has 0 radical (unpaired) electrons. The monoisotopic (exact) mass is 1210 g/mol. The normalized spacial score (nSPS) is 29.2. The fourth-order valence-corrected chi connectivity index (χ4v) is 12.6. The van der Waals surface area contributed by atoms with Crippen LogP contribution in [0.5, 0.6) is 5.75 Å². The third kappa shape index (κ3) is 17.8. The number of thioether (sulfide) groups is 1. The van der Waals surface area contributed by atoms with Crippen LogP contribution >= 0.6 is 23.4 Å². The molecular formula is C62H91ClN6O14S. The van der Waals surface area contributed by atoms with Gasteiger partial charge in [0.15, 0.2) is 11.5 Å². The number of methoxy groups -OCH3 is 2. The number of nitrogens with one attached hydrogen (secondary N) is 2. The smallest absolute Gasteiger partial charge is 0.409 e. The summed E-state index contributed by atoms with van der Waals surface area (Å²) in [6.45, 7) is 18.8. The lowest BCUT2D eigenvalue weighted by Gasteiger charge is -2.42. The van der Waals surface area contributed by atoms with Crippen molar-refractivity contribution in [2.45, 2.75) is 178 Å². The Morgan fingerprint density at radius 2 is 1.76 bits per heavy atom. The van der Waals surface area contributed by atoms with Gasteiger partial charge < -0.3 is 49.6 Å². The fourth-order valence-electron chi connectivity index (χ4n) is 11.2. The number of ether oxygens (including phenoxy) is 5. The summed E-state index contributed by atoms with van der Waals surface area (Å²) in [5.41, 5.74) is 4.47. The van der Waals surface area contributed by atoms with E-state index < -0.39 is 89.3 Å². The molecule has 466 valence electrons. The Morgan fingerprint density at radius 3 is 2.39 bits per heavy atom. The van der Waals surface area contributed by atoms with Gasteiger partial charge in [0.05, 0.1) is 43.2 Å². The third-order valence-corrected chi connectivity index (χ3v) is 18.6. The second-order valence-corrected chi connectivity index (χ2v) is 24.8. The van der Waals surface area contributed by atoms with Gasteiger partial charge in [-0.3, -0.25) is 39.0 Å². The van der Waals surface area contributed by atoms with Crippen molar-refractivity contribution in [1.82, 2.24) is 20.4 Å². The van der Waals surface area contributed by atoms with E-state index in [1.165, 1.54) is 54.7 Å². The van der Waals surface area contributed by atoms with Gasteiger partial charge in [-0.05, 0) is 102 Å². The number of halogens is 1. The molecule has 0 aromatic heterocycles. The average Bonchev–Trinajstić information content (AvgIpc) is 1.95. The Hall–Kier alpha value is -5.42. The predicted molar refractivity (Wildman–Crippen MR) is 323 cm³/mol. The molecule has 5 N–H and O–H groups in total. The Kier molecular flexibility index (Phi) is 26.3. The van der Waals surface area contributed by atoms with Crippen molar-refractivity contribution in [2.24, 2.45) is 29.4 Å². The number of hydrogen-bond donors (Lipinski definition) is 4. The standard InChI is InChI=1S/C58H83ClN6O14S.C4H8/c1-11-34(3)52(70)40(16-12-13-23-60)61-31-42(66)39-20-18-37(19-21-39)32-65-50(69)28-45(54(65)71)80-24-22-48(67)63(7)36(5)55(72)78-47-29-49(68)64(8)41-26-38(27-43(75-9)51(41)59)25-33(2)15-14-17-46(76-10)58(74)30-44(77-56(73)62-58)35(4)53-57(47,6)79-53;1-3-4-2/h11,14-15,17,26-27,34-37,39-40,44-47,53,61,74H,1,12-13,16,18-25,28-32,60H2,2-10H3,(H,62,73);3H,1,4H2,2H3/b17-14+,33-15+;/t34?,35-,36+,37?,39?,40+,44+,45?,46-,47+,53+,57+,58+;/m1./s1. The summed E-state index contributed by atoms with van der Waals surface area (Å²) in [6.07, 6.45) is 9.58. The van der Waals surface area contributed by atoms with E-state index in [1.807, 2.05) is 19.1 Å². The minimum absolute atomic E-state index is 0.000608. The zero-order valence-corrected chi connectivity index (χ0v) is 52.4. The number of nitrogens with zero attached hydrogens (tertiary/aromatic N) is 3. The lowest BCUT2D eigenvalue weighted by atomic mass is 9.79. The molecule has 4 fully saturated rings. The Morgan fingerprint density at radius 1 is 1.07 bits per heavy atom. The van der Waals surface area contributed by atoms with Crippen molar-refractivity contribution in [3.05, 3.63) is 71.8 Å². The summed E-state index contributed by atoms with van der Waals surface area (Å²) >= 11 is 8.04. The van der Waals surface area contributed by atoms with Gasteiger partial charge >= 0.3 is 12.1 Å². The highest BCUT2D eigenvalue weighted by Gasteiger charge is 2.64. The van der Waals surface area contributed by atoms with Crippen molar-refractivity contribution < 1.29 is 67.1 Å². The van der Waals surface area contributed by atoms with E-state index >= 15 is 0 Å². The number of esters is 1. The molecule has 20 nitrogen and oxygen atoms in total. The Labute approximate surface area is 505 Å². The highest BCUT2D eigenvalue weighted by atomic mass is 35.5. The molecule has 5 amide bonds. The van der Waals surface area contributed by atoms with Gasteiger partial charge in [0.25, 0.3) is 0 Å². The molecule has 11 atom stereocenters. The molecule has 3 saturated heterocycles.